The van der Waals surface area contributed by atoms with Crippen LogP contribution in [0.5, 0.6) is 5.75 Å². The highest BCUT2D eigenvalue weighted by Crippen LogP contribution is 2.27. The Labute approximate surface area is 147 Å². The maximum Gasteiger partial charge on any atom is 0.289 e. The van der Waals surface area contributed by atoms with Gasteiger partial charge in [-0.2, -0.15) is 0 Å². The van der Waals surface area contributed by atoms with E-state index in [4.69, 9.17) is 9.47 Å². The third kappa shape index (κ3) is 3.52. The first kappa shape index (κ1) is 17.1. The van der Waals surface area contributed by atoms with Crippen LogP contribution in [0.15, 0.2) is 36.5 Å². The fourth-order valence-electron chi connectivity index (χ4n) is 2.92. The van der Waals surface area contributed by atoms with Crippen LogP contribution < -0.4 is 4.74 Å². The molecule has 132 valence electrons. The molecule has 1 aliphatic rings. The maximum absolute atomic E-state index is 12.4. The van der Waals surface area contributed by atoms with E-state index in [0.717, 1.165) is 16.9 Å². The quantitative estimate of drug-likeness (QED) is 0.803. The maximum atomic E-state index is 12.4. The van der Waals surface area contributed by atoms with Gasteiger partial charge in [-0.05, 0) is 44.5 Å². The van der Waals surface area contributed by atoms with Gasteiger partial charge >= 0.3 is 0 Å². The number of hydrogen-bond acceptors (Lipinski definition) is 4. The third-order valence-electron chi connectivity index (χ3n) is 4.18. The molecule has 0 radical (unpaired) electrons. The van der Waals surface area contributed by atoms with Crippen molar-refractivity contribution in [3.63, 3.8) is 0 Å². The number of morpholine rings is 1. The topological polar surface area (TPSA) is 56.6 Å². The van der Waals surface area contributed by atoms with Crippen molar-refractivity contribution in [1.82, 2.24) is 14.5 Å². The molecular weight excluding hydrogens is 318 g/mol. The van der Waals surface area contributed by atoms with E-state index >= 15 is 0 Å². The van der Waals surface area contributed by atoms with Crippen LogP contribution in [-0.2, 0) is 9.53 Å². The molecule has 0 unspecified atom stereocenters. The predicted octanol–water partition coefficient (Wildman–Crippen LogP) is 2.80. The molecular formula is C19H23N3O3. The van der Waals surface area contributed by atoms with Crippen LogP contribution >= 0.6 is 0 Å². The highest BCUT2D eigenvalue weighted by Gasteiger charge is 2.27. The molecule has 0 bridgehead atoms. The fourth-order valence-corrected chi connectivity index (χ4v) is 2.92. The molecule has 0 spiro atoms. The van der Waals surface area contributed by atoms with E-state index in [1.54, 1.807) is 24.4 Å². The molecule has 6 heteroatoms. The van der Waals surface area contributed by atoms with Gasteiger partial charge in [0.05, 0.1) is 31.4 Å². The Balaban J connectivity index is 1.94. The van der Waals surface area contributed by atoms with Gasteiger partial charge in [0.1, 0.15) is 11.9 Å². The molecule has 1 aromatic carbocycles. The lowest BCUT2D eigenvalue weighted by molar-refractivity contribution is -0.138. The number of aromatic nitrogens is 2. The average Bonchev–Trinajstić information content (AvgIpc) is 3.03. The normalized spacial score (nSPS) is 19.2. The van der Waals surface area contributed by atoms with Crippen LogP contribution in [-0.4, -0.2) is 46.7 Å². The first-order valence-electron chi connectivity index (χ1n) is 8.38. The summed E-state index contributed by atoms with van der Waals surface area (Å²) in [5, 5.41) is 0. The number of carbonyl (C=O) groups excluding carboxylic acids is 1. The van der Waals surface area contributed by atoms with E-state index in [1.165, 1.54) is 0 Å². The zero-order valence-electron chi connectivity index (χ0n) is 15.0. The molecule has 0 aliphatic carbocycles. The molecule has 1 saturated heterocycles. The summed E-state index contributed by atoms with van der Waals surface area (Å²) >= 11 is 0. The van der Waals surface area contributed by atoms with Gasteiger partial charge < -0.3 is 18.9 Å². The number of likely N-dealkylation sites (N-methyl/N-ethyl adjacent to an activating group) is 1. The molecule has 1 fully saturated rings. The molecule has 25 heavy (non-hydrogen) atoms. The Kier molecular flexibility index (Phi) is 4.79. The van der Waals surface area contributed by atoms with Gasteiger partial charge in [0.2, 0.25) is 0 Å². The van der Waals surface area contributed by atoms with Crippen LogP contribution in [0.25, 0.3) is 11.8 Å². The first-order chi connectivity index (χ1) is 12.0. The monoisotopic (exact) mass is 341 g/mol. The number of nitrogens with zero attached hydrogens (tertiary/aromatic N) is 3. The third-order valence-corrected chi connectivity index (χ3v) is 4.18. The minimum atomic E-state index is -0.0751. The molecule has 1 aliphatic heterocycles. The van der Waals surface area contributed by atoms with Crippen LogP contribution in [0, 0.1) is 6.92 Å². The standard InChI is InChI=1S/C19H23N3O3/c1-5-21-11-14(3)25-18(19(21)23)9-15-6-7-16(17(8-15)24-4)22-10-13(2)20-12-22/h6-10,12,14H,5,11H2,1-4H3/b18-9-/t14-/m1/s1. The van der Waals surface area contributed by atoms with E-state index in [2.05, 4.69) is 4.98 Å². The second-order valence-corrected chi connectivity index (χ2v) is 6.13. The first-order valence-corrected chi connectivity index (χ1v) is 8.38. The molecule has 0 N–H and O–H groups in total. The van der Waals surface area contributed by atoms with Gasteiger partial charge in [-0.15, -0.1) is 0 Å². The minimum absolute atomic E-state index is 0.0148. The summed E-state index contributed by atoms with van der Waals surface area (Å²) in [4.78, 5) is 18.5. The number of amides is 1. The van der Waals surface area contributed by atoms with Crippen LogP contribution in [0.3, 0.4) is 0 Å². The van der Waals surface area contributed by atoms with Crippen LogP contribution in [0.4, 0.5) is 0 Å². The molecule has 6 nitrogen and oxygen atoms in total. The number of ether oxygens (including phenoxy) is 2. The predicted molar refractivity (Wildman–Crippen MR) is 95.6 cm³/mol. The second-order valence-electron chi connectivity index (χ2n) is 6.13. The summed E-state index contributed by atoms with van der Waals surface area (Å²) in [5.41, 5.74) is 2.68. The lowest BCUT2D eigenvalue weighted by Gasteiger charge is -2.32. The van der Waals surface area contributed by atoms with Crippen LogP contribution in [0.1, 0.15) is 25.1 Å². The number of aryl methyl sites for hydroxylation is 1. The van der Waals surface area contributed by atoms with Gasteiger partial charge in [0.15, 0.2) is 5.76 Å². The van der Waals surface area contributed by atoms with E-state index in [1.807, 2.05) is 49.7 Å². The smallest absolute Gasteiger partial charge is 0.289 e. The Bertz CT molecular complexity index is 810. The average molecular weight is 341 g/mol. The number of methoxy groups -OCH3 is 1. The minimum Gasteiger partial charge on any atom is -0.495 e. The summed E-state index contributed by atoms with van der Waals surface area (Å²) < 4.78 is 13.2. The molecule has 2 heterocycles. The number of imidazole rings is 1. The molecule has 1 amide bonds. The zero-order chi connectivity index (χ0) is 18.0. The Hall–Kier alpha value is -2.76. The Morgan fingerprint density at radius 3 is 2.88 bits per heavy atom. The van der Waals surface area contributed by atoms with Crippen LogP contribution in [0.2, 0.25) is 0 Å². The van der Waals surface area contributed by atoms with Crippen molar-refractivity contribution in [3.05, 3.63) is 47.7 Å². The molecule has 1 aromatic heterocycles. The van der Waals surface area contributed by atoms with Crippen molar-refractivity contribution in [2.24, 2.45) is 0 Å². The molecule has 1 atom stereocenters. The van der Waals surface area contributed by atoms with Crippen molar-refractivity contribution < 1.29 is 14.3 Å². The Morgan fingerprint density at radius 2 is 2.24 bits per heavy atom. The highest BCUT2D eigenvalue weighted by atomic mass is 16.5. The summed E-state index contributed by atoms with van der Waals surface area (Å²) in [6.45, 7) is 7.17. The molecule has 2 aromatic rings. The van der Waals surface area contributed by atoms with E-state index < -0.39 is 0 Å². The van der Waals surface area contributed by atoms with Gasteiger partial charge in [-0.3, -0.25) is 4.79 Å². The lowest BCUT2D eigenvalue weighted by Crippen LogP contribution is -2.43. The summed E-state index contributed by atoms with van der Waals surface area (Å²) in [5.74, 6) is 0.998. The lowest BCUT2D eigenvalue weighted by atomic mass is 10.1. The Morgan fingerprint density at radius 1 is 1.44 bits per heavy atom. The summed E-state index contributed by atoms with van der Waals surface area (Å²) in [6.07, 6.45) is 5.44. The van der Waals surface area contributed by atoms with E-state index in [0.29, 0.717) is 24.6 Å². The molecule has 3 rings (SSSR count). The van der Waals surface area contributed by atoms with Crippen molar-refractivity contribution in [2.45, 2.75) is 26.9 Å². The highest BCUT2D eigenvalue weighted by molar-refractivity contribution is 5.96. The van der Waals surface area contributed by atoms with Gasteiger partial charge in [-0.25, -0.2) is 4.98 Å². The van der Waals surface area contributed by atoms with Gasteiger partial charge in [-0.1, -0.05) is 6.07 Å². The van der Waals surface area contributed by atoms with Crippen molar-refractivity contribution in [2.75, 3.05) is 20.2 Å². The van der Waals surface area contributed by atoms with Gasteiger partial charge in [0.25, 0.3) is 5.91 Å². The molecule has 0 saturated carbocycles. The largest absolute Gasteiger partial charge is 0.495 e. The van der Waals surface area contributed by atoms with Crippen molar-refractivity contribution >= 4 is 12.0 Å². The summed E-state index contributed by atoms with van der Waals surface area (Å²) in [6, 6.07) is 5.77. The number of benzene rings is 1. The number of rotatable bonds is 4. The number of hydrogen-bond donors (Lipinski definition) is 0. The van der Waals surface area contributed by atoms with Crippen molar-refractivity contribution in [1.29, 1.82) is 0 Å². The van der Waals surface area contributed by atoms with Gasteiger partial charge in [0, 0.05) is 12.7 Å². The number of carbonyl (C=O) groups is 1. The second kappa shape index (κ2) is 7.01. The summed E-state index contributed by atoms with van der Waals surface area (Å²) in [7, 11) is 1.63. The zero-order valence-corrected chi connectivity index (χ0v) is 15.0. The fraction of sp³-hybridized carbons (Fsp3) is 0.368. The van der Waals surface area contributed by atoms with Crippen molar-refractivity contribution in [3.8, 4) is 11.4 Å². The van der Waals surface area contributed by atoms with E-state index in [-0.39, 0.29) is 12.0 Å². The van der Waals surface area contributed by atoms with E-state index in [9.17, 15) is 4.79 Å². The SMILES string of the molecule is CCN1C[C@@H](C)O/C(=C\c2ccc(-n3cnc(C)c3)c(OC)c2)C1=O.